The molecule has 0 radical (unpaired) electrons. The van der Waals surface area contributed by atoms with E-state index in [0.29, 0.717) is 41.7 Å². The van der Waals surface area contributed by atoms with Gasteiger partial charge in [0, 0.05) is 42.0 Å². The molecule has 6 rings (SSSR count). The summed E-state index contributed by atoms with van der Waals surface area (Å²) < 4.78 is 5.83. The number of anilines is 4. The van der Waals surface area contributed by atoms with Gasteiger partial charge in [0.25, 0.3) is 5.91 Å². The van der Waals surface area contributed by atoms with E-state index in [1.54, 1.807) is 0 Å². The molecule has 0 spiro atoms. The summed E-state index contributed by atoms with van der Waals surface area (Å²) in [6.07, 6.45) is 7.30. The first kappa shape index (κ1) is 19.2. The molecular formula is C20H22N10OS. The van der Waals surface area contributed by atoms with Crippen molar-refractivity contribution in [3.05, 3.63) is 36.4 Å². The van der Waals surface area contributed by atoms with Crippen molar-refractivity contribution in [2.45, 2.75) is 44.1 Å². The van der Waals surface area contributed by atoms with Gasteiger partial charge in [-0.2, -0.15) is 19.4 Å². The van der Waals surface area contributed by atoms with Gasteiger partial charge in [0.05, 0.1) is 0 Å². The van der Waals surface area contributed by atoms with Crippen LogP contribution in [0.15, 0.2) is 30.7 Å². The van der Waals surface area contributed by atoms with Crippen molar-refractivity contribution in [1.82, 2.24) is 33.9 Å². The summed E-state index contributed by atoms with van der Waals surface area (Å²) >= 11 is 1.15. The van der Waals surface area contributed by atoms with Gasteiger partial charge in [-0.3, -0.25) is 19.6 Å². The highest BCUT2D eigenvalue weighted by Gasteiger charge is 2.45. The summed E-state index contributed by atoms with van der Waals surface area (Å²) in [6, 6.07) is 5.88. The molecule has 1 aliphatic heterocycles. The van der Waals surface area contributed by atoms with Crippen molar-refractivity contribution in [2.24, 2.45) is 0 Å². The summed E-state index contributed by atoms with van der Waals surface area (Å²) in [6.45, 7) is 2.61. The van der Waals surface area contributed by atoms with Crippen LogP contribution in [0.2, 0.25) is 0 Å². The molecule has 2 fully saturated rings. The molecule has 4 aromatic rings. The fourth-order valence-electron chi connectivity index (χ4n) is 4.23. The van der Waals surface area contributed by atoms with E-state index in [2.05, 4.69) is 30.2 Å². The number of H-pyrrole nitrogens is 1. The predicted molar refractivity (Wildman–Crippen MR) is 120 cm³/mol. The predicted octanol–water partition coefficient (Wildman–Crippen LogP) is 2.92. The number of carbonyl (C=O) groups excluding carboxylic acids is 1. The van der Waals surface area contributed by atoms with Crippen LogP contribution in [0.3, 0.4) is 0 Å². The highest BCUT2D eigenvalue weighted by atomic mass is 32.1. The molecule has 1 aliphatic carbocycles. The molecule has 4 aromatic heterocycles. The number of amides is 1. The molecule has 11 nitrogen and oxygen atoms in total. The number of carbonyl (C=O) groups is 1. The van der Waals surface area contributed by atoms with Gasteiger partial charge in [-0.05, 0) is 44.7 Å². The fourth-order valence-corrected chi connectivity index (χ4v) is 4.65. The molecule has 0 bridgehead atoms. The first-order valence-electron chi connectivity index (χ1n) is 10.6. The molecule has 164 valence electrons. The maximum absolute atomic E-state index is 13.2. The molecule has 5 heterocycles. The number of hydrogen-bond donors (Lipinski definition) is 3. The lowest BCUT2D eigenvalue weighted by molar-refractivity contribution is -0.120. The summed E-state index contributed by atoms with van der Waals surface area (Å²) in [5.74, 6) is 2.26. The van der Waals surface area contributed by atoms with Gasteiger partial charge in [-0.15, -0.1) is 0 Å². The van der Waals surface area contributed by atoms with Crippen LogP contribution in [0.5, 0.6) is 0 Å². The Hall–Kier alpha value is -3.54. The van der Waals surface area contributed by atoms with E-state index in [9.17, 15) is 4.79 Å². The van der Waals surface area contributed by atoms with Crippen LogP contribution in [0.1, 0.15) is 44.2 Å². The summed E-state index contributed by atoms with van der Waals surface area (Å²) in [5.41, 5.74) is 1.10. The fraction of sp³-hybridized carbons (Fsp3) is 0.400. The van der Waals surface area contributed by atoms with E-state index in [0.717, 1.165) is 29.3 Å². The van der Waals surface area contributed by atoms with Gasteiger partial charge in [-0.1, -0.05) is 0 Å². The maximum atomic E-state index is 13.2. The standard InChI is InChI=1S/C20H22N10OS/c1-20(16(31)25-19-21-11-22-32-19)7-3-9-30(20)18-24-15-4-2-8-29(15)17(26-18)23-14-10-13(27-28-14)12-5-6-12/h2,4,8,10-12H,3,5-7,9H2,1H3,(H,21,22,25,31)(H2,23,24,26,27,28). The third-order valence-electron chi connectivity index (χ3n) is 6.18. The Bertz CT molecular complexity index is 1280. The normalized spacial score (nSPS) is 20.7. The summed E-state index contributed by atoms with van der Waals surface area (Å²) in [5, 5.41) is 14.2. The number of rotatable bonds is 6. The van der Waals surface area contributed by atoms with Gasteiger partial charge in [0.1, 0.15) is 17.5 Å². The number of aromatic amines is 1. The zero-order valence-corrected chi connectivity index (χ0v) is 18.3. The summed E-state index contributed by atoms with van der Waals surface area (Å²) in [7, 11) is 0. The lowest BCUT2D eigenvalue weighted by atomic mass is 9.98. The number of aromatic nitrogens is 7. The average molecular weight is 451 g/mol. The lowest BCUT2D eigenvalue weighted by Gasteiger charge is -2.33. The Morgan fingerprint density at radius 2 is 2.25 bits per heavy atom. The number of nitrogens with zero attached hydrogens (tertiary/aromatic N) is 7. The van der Waals surface area contributed by atoms with Crippen LogP contribution in [-0.4, -0.2) is 51.9 Å². The van der Waals surface area contributed by atoms with Gasteiger partial charge in [-0.25, -0.2) is 4.98 Å². The molecule has 2 aliphatic rings. The van der Waals surface area contributed by atoms with Gasteiger partial charge < -0.3 is 10.2 Å². The summed E-state index contributed by atoms with van der Waals surface area (Å²) in [4.78, 5) is 28.8. The lowest BCUT2D eigenvalue weighted by Crippen LogP contribution is -2.51. The first-order chi connectivity index (χ1) is 15.6. The largest absolute Gasteiger partial charge is 0.326 e. The van der Waals surface area contributed by atoms with Gasteiger partial charge in [0.15, 0.2) is 5.82 Å². The quantitative estimate of drug-likeness (QED) is 0.409. The minimum Gasteiger partial charge on any atom is -0.326 e. The average Bonchev–Trinajstić information content (AvgIpc) is 3.22. The van der Waals surface area contributed by atoms with Crippen molar-refractivity contribution in [1.29, 1.82) is 0 Å². The number of nitrogens with one attached hydrogen (secondary N) is 3. The molecule has 3 N–H and O–H groups in total. The molecule has 1 saturated carbocycles. The van der Waals surface area contributed by atoms with Gasteiger partial charge >= 0.3 is 0 Å². The molecule has 1 atom stereocenters. The minimum atomic E-state index is -0.792. The van der Waals surface area contributed by atoms with E-state index in [4.69, 9.17) is 9.97 Å². The Labute approximate surface area is 187 Å². The van der Waals surface area contributed by atoms with Crippen molar-refractivity contribution in [3.8, 4) is 0 Å². The molecule has 32 heavy (non-hydrogen) atoms. The van der Waals surface area contributed by atoms with Crippen molar-refractivity contribution >= 4 is 45.9 Å². The monoisotopic (exact) mass is 450 g/mol. The molecular weight excluding hydrogens is 428 g/mol. The zero-order valence-electron chi connectivity index (χ0n) is 17.4. The second-order valence-corrected chi connectivity index (χ2v) is 9.20. The van der Waals surface area contributed by atoms with Crippen LogP contribution in [0.25, 0.3) is 5.65 Å². The molecule has 1 unspecified atom stereocenters. The van der Waals surface area contributed by atoms with E-state index in [1.807, 2.05) is 40.6 Å². The third-order valence-corrected chi connectivity index (χ3v) is 6.76. The minimum absolute atomic E-state index is 0.138. The molecule has 1 amide bonds. The van der Waals surface area contributed by atoms with Crippen molar-refractivity contribution in [3.63, 3.8) is 0 Å². The smallest absolute Gasteiger partial charge is 0.251 e. The van der Waals surface area contributed by atoms with E-state index in [-0.39, 0.29) is 5.91 Å². The maximum Gasteiger partial charge on any atom is 0.251 e. The Morgan fingerprint density at radius 3 is 3.06 bits per heavy atom. The third kappa shape index (κ3) is 3.27. The Morgan fingerprint density at radius 1 is 1.34 bits per heavy atom. The molecule has 1 saturated heterocycles. The van der Waals surface area contributed by atoms with Crippen molar-refractivity contribution < 1.29 is 4.79 Å². The van der Waals surface area contributed by atoms with Crippen LogP contribution in [0, 0.1) is 0 Å². The second kappa shape index (κ2) is 7.26. The van der Waals surface area contributed by atoms with Gasteiger partial charge in [0.2, 0.25) is 17.0 Å². The van der Waals surface area contributed by atoms with E-state index >= 15 is 0 Å². The van der Waals surface area contributed by atoms with E-state index < -0.39 is 5.54 Å². The SMILES string of the molecule is CC1(C(=O)Nc2ncns2)CCCN1c1nc(Nc2cc(C3CC3)[nH]n2)n2cccc2n1. The highest BCUT2D eigenvalue weighted by Crippen LogP contribution is 2.40. The molecule has 12 heteroatoms. The Kier molecular flexibility index (Phi) is 4.35. The highest BCUT2D eigenvalue weighted by molar-refractivity contribution is 7.09. The second-order valence-electron chi connectivity index (χ2n) is 8.42. The zero-order chi connectivity index (χ0) is 21.7. The number of hydrogen-bond acceptors (Lipinski definition) is 9. The Balaban J connectivity index is 1.33. The van der Waals surface area contributed by atoms with Crippen LogP contribution < -0.4 is 15.5 Å². The van der Waals surface area contributed by atoms with Crippen LogP contribution in [-0.2, 0) is 4.79 Å². The van der Waals surface area contributed by atoms with Crippen LogP contribution in [0.4, 0.5) is 22.8 Å². The number of fused-ring (bicyclic) bond motifs is 1. The first-order valence-corrected chi connectivity index (χ1v) is 11.4. The topological polar surface area (TPSA) is 129 Å². The van der Waals surface area contributed by atoms with E-state index in [1.165, 1.54) is 19.2 Å². The van der Waals surface area contributed by atoms with Crippen molar-refractivity contribution in [2.75, 3.05) is 22.1 Å². The van der Waals surface area contributed by atoms with Crippen LogP contribution >= 0.6 is 11.5 Å². The molecule has 0 aromatic carbocycles.